The molecule has 0 saturated heterocycles. The molecule has 1 N–H and O–H groups in total. The molecule has 0 unspecified atom stereocenters. The third kappa shape index (κ3) is 4.21. The zero-order valence-corrected chi connectivity index (χ0v) is 11.3. The zero-order chi connectivity index (χ0) is 13.7. The Morgan fingerprint density at radius 1 is 1.21 bits per heavy atom. The number of benzene rings is 1. The molecule has 3 nitrogen and oxygen atoms in total. The maximum Gasteiger partial charge on any atom is 0.224 e. The van der Waals surface area contributed by atoms with Crippen LogP contribution in [0.25, 0.3) is 0 Å². The van der Waals surface area contributed by atoms with E-state index >= 15 is 0 Å². The van der Waals surface area contributed by atoms with Crippen molar-refractivity contribution in [1.82, 2.24) is 4.98 Å². The van der Waals surface area contributed by atoms with Crippen LogP contribution in [-0.2, 0) is 11.2 Å². The molecule has 98 valence electrons. The van der Waals surface area contributed by atoms with Crippen molar-refractivity contribution in [3.63, 3.8) is 0 Å². The first-order chi connectivity index (χ1) is 9.13. The van der Waals surface area contributed by atoms with E-state index in [1.807, 2.05) is 19.1 Å². The van der Waals surface area contributed by atoms with Crippen LogP contribution >= 0.6 is 0 Å². The molecular formula is C16H18N2O. The van der Waals surface area contributed by atoms with Crippen LogP contribution in [0.5, 0.6) is 0 Å². The van der Waals surface area contributed by atoms with Gasteiger partial charge in [-0.3, -0.25) is 9.78 Å². The molecule has 0 aliphatic rings. The molecule has 2 rings (SSSR count). The summed E-state index contributed by atoms with van der Waals surface area (Å²) in [7, 11) is 0. The molecule has 1 aromatic heterocycles. The van der Waals surface area contributed by atoms with Gasteiger partial charge in [-0.15, -0.1) is 0 Å². The Morgan fingerprint density at radius 3 is 2.79 bits per heavy atom. The van der Waals surface area contributed by atoms with Gasteiger partial charge < -0.3 is 5.32 Å². The Morgan fingerprint density at radius 2 is 2.05 bits per heavy atom. The van der Waals surface area contributed by atoms with Crippen molar-refractivity contribution in [3.05, 3.63) is 59.4 Å². The van der Waals surface area contributed by atoms with Crippen molar-refractivity contribution < 1.29 is 4.79 Å². The van der Waals surface area contributed by atoms with Crippen LogP contribution < -0.4 is 5.32 Å². The Bertz CT molecular complexity index is 578. The molecule has 1 aromatic carbocycles. The lowest BCUT2D eigenvalue weighted by molar-refractivity contribution is -0.116. The van der Waals surface area contributed by atoms with Gasteiger partial charge >= 0.3 is 0 Å². The number of anilines is 1. The van der Waals surface area contributed by atoms with Gasteiger partial charge in [0.15, 0.2) is 0 Å². The molecule has 1 heterocycles. The summed E-state index contributed by atoms with van der Waals surface area (Å²) >= 11 is 0. The van der Waals surface area contributed by atoms with E-state index in [0.29, 0.717) is 6.42 Å². The summed E-state index contributed by atoms with van der Waals surface area (Å²) < 4.78 is 0. The molecule has 0 radical (unpaired) electrons. The SMILES string of the molecule is Cc1cccc(CCC(=O)Nc2ccnc(C)c2)c1. The molecule has 0 aliphatic heterocycles. The molecule has 2 aromatic rings. The number of rotatable bonds is 4. The number of aryl methyl sites for hydroxylation is 3. The minimum Gasteiger partial charge on any atom is -0.326 e. The predicted molar refractivity (Wildman–Crippen MR) is 77.1 cm³/mol. The Kier molecular flexibility index (Phi) is 4.29. The number of hydrogen-bond donors (Lipinski definition) is 1. The van der Waals surface area contributed by atoms with E-state index in [9.17, 15) is 4.79 Å². The summed E-state index contributed by atoms with van der Waals surface area (Å²) in [4.78, 5) is 15.9. The van der Waals surface area contributed by atoms with E-state index in [1.165, 1.54) is 11.1 Å². The number of nitrogens with one attached hydrogen (secondary N) is 1. The van der Waals surface area contributed by atoms with E-state index in [-0.39, 0.29) is 5.91 Å². The third-order valence-corrected chi connectivity index (χ3v) is 2.90. The van der Waals surface area contributed by atoms with Gasteiger partial charge in [0.2, 0.25) is 5.91 Å². The van der Waals surface area contributed by atoms with Crippen LogP contribution in [-0.4, -0.2) is 10.9 Å². The summed E-state index contributed by atoms with van der Waals surface area (Å²) in [5, 5.41) is 2.89. The second-order valence-electron chi connectivity index (χ2n) is 4.72. The molecule has 0 aliphatic carbocycles. The average Bonchev–Trinajstić information content (AvgIpc) is 2.36. The van der Waals surface area contributed by atoms with E-state index < -0.39 is 0 Å². The van der Waals surface area contributed by atoms with Crippen molar-refractivity contribution in [2.24, 2.45) is 0 Å². The van der Waals surface area contributed by atoms with Crippen LogP contribution in [0.4, 0.5) is 5.69 Å². The van der Waals surface area contributed by atoms with Gasteiger partial charge in [-0.25, -0.2) is 0 Å². The minimum atomic E-state index is 0.0344. The molecule has 0 spiro atoms. The second kappa shape index (κ2) is 6.14. The fourth-order valence-corrected chi connectivity index (χ4v) is 1.97. The van der Waals surface area contributed by atoms with E-state index in [1.54, 1.807) is 12.3 Å². The molecule has 0 atom stereocenters. The van der Waals surface area contributed by atoms with Crippen molar-refractivity contribution in [2.45, 2.75) is 26.7 Å². The van der Waals surface area contributed by atoms with Crippen LogP contribution in [0, 0.1) is 13.8 Å². The van der Waals surface area contributed by atoms with E-state index in [2.05, 4.69) is 35.4 Å². The van der Waals surface area contributed by atoms with Crippen LogP contribution in [0.3, 0.4) is 0 Å². The van der Waals surface area contributed by atoms with Gasteiger partial charge in [0.25, 0.3) is 0 Å². The fourth-order valence-electron chi connectivity index (χ4n) is 1.97. The Labute approximate surface area is 113 Å². The Balaban J connectivity index is 1.88. The Hall–Kier alpha value is -2.16. The number of amides is 1. The van der Waals surface area contributed by atoms with Crippen molar-refractivity contribution >= 4 is 11.6 Å². The predicted octanol–water partition coefficient (Wildman–Crippen LogP) is 3.27. The number of nitrogens with zero attached hydrogens (tertiary/aromatic N) is 1. The normalized spacial score (nSPS) is 10.2. The van der Waals surface area contributed by atoms with Crippen molar-refractivity contribution in [1.29, 1.82) is 0 Å². The molecule has 3 heteroatoms. The highest BCUT2D eigenvalue weighted by Gasteiger charge is 2.03. The highest BCUT2D eigenvalue weighted by molar-refractivity contribution is 5.90. The van der Waals surface area contributed by atoms with Gasteiger partial charge in [-0.05, 0) is 38.0 Å². The summed E-state index contributed by atoms with van der Waals surface area (Å²) in [5.41, 5.74) is 4.13. The monoisotopic (exact) mass is 254 g/mol. The summed E-state index contributed by atoms with van der Waals surface area (Å²) in [6, 6.07) is 11.9. The lowest BCUT2D eigenvalue weighted by Crippen LogP contribution is -2.12. The van der Waals surface area contributed by atoms with Crippen molar-refractivity contribution in [3.8, 4) is 0 Å². The molecule has 19 heavy (non-hydrogen) atoms. The quantitative estimate of drug-likeness (QED) is 0.909. The molecule has 0 fully saturated rings. The number of pyridine rings is 1. The molecular weight excluding hydrogens is 236 g/mol. The smallest absolute Gasteiger partial charge is 0.224 e. The van der Waals surface area contributed by atoms with Gasteiger partial charge in [0.1, 0.15) is 0 Å². The lowest BCUT2D eigenvalue weighted by atomic mass is 10.1. The fraction of sp³-hybridized carbons (Fsp3) is 0.250. The average molecular weight is 254 g/mol. The van der Waals surface area contributed by atoms with Gasteiger partial charge in [0, 0.05) is 24.0 Å². The lowest BCUT2D eigenvalue weighted by Gasteiger charge is -2.06. The highest BCUT2D eigenvalue weighted by Crippen LogP contribution is 2.10. The number of carbonyl (C=O) groups excluding carboxylic acids is 1. The largest absolute Gasteiger partial charge is 0.326 e. The first-order valence-electron chi connectivity index (χ1n) is 6.41. The summed E-state index contributed by atoms with van der Waals surface area (Å²) in [6.45, 7) is 3.96. The van der Waals surface area contributed by atoms with E-state index in [4.69, 9.17) is 0 Å². The number of carbonyl (C=O) groups is 1. The number of aromatic nitrogens is 1. The zero-order valence-electron chi connectivity index (χ0n) is 11.3. The van der Waals surface area contributed by atoms with Crippen molar-refractivity contribution in [2.75, 3.05) is 5.32 Å². The molecule has 0 bridgehead atoms. The second-order valence-corrected chi connectivity index (χ2v) is 4.72. The maximum absolute atomic E-state index is 11.9. The minimum absolute atomic E-state index is 0.0344. The first-order valence-corrected chi connectivity index (χ1v) is 6.41. The topological polar surface area (TPSA) is 42.0 Å². The molecule has 1 amide bonds. The standard InChI is InChI=1S/C16H18N2O/c1-12-4-3-5-14(10-12)6-7-16(19)18-15-8-9-17-13(2)11-15/h3-5,8-11H,6-7H2,1-2H3,(H,17,18,19). The molecule has 0 saturated carbocycles. The van der Waals surface area contributed by atoms with Crippen LogP contribution in [0.1, 0.15) is 23.2 Å². The van der Waals surface area contributed by atoms with E-state index in [0.717, 1.165) is 17.8 Å². The number of hydrogen-bond acceptors (Lipinski definition) is 2. The highest BCUT2D eigenvalue weighted by atomic mass is 16.1. The van der Waals surface area contributed by atoms with Gasteiger partial charge in [-0.2, -0.15) is 0 Å². The maximum atomic E-state index is 11.9. The first kappa shape index (κ1) is 13.3. The van der Waals surface area contributed by atoms with Crippen LogP contribution in [0.2, 0.25) is 0 Å². The van der Waals surface area contributed by atoms with Gasteiger partial charge in [0.05, 0.1) is 0 Å². The summed E-state index contributed by atoms with van der Waals surface area (Å²) in [6.07, 6.45) is 2.95. The van der Waals surface area contributed by atoms with Crippen LogP contribution in [0.15, 0.2) is 42.6 Å². The third-order valence-electron chi connectivity index (χ3n) is 2.90. The van der Waals surface area contributed by atoms with Gasteiger partial charge in [-0.1, -0.05) is 29.8 Å². The summed E-state index contributed by atoms with van der Waals surface area (Å²) in [5.74, 6) is 0.0344.